The average molecular weight is 205 g/mol. The van der Waals surface area contributed by atoms with Crippen molar-refractivity contribution < 1.29 is 0 Å². The van der Waals surface area contributed by atoms with Gasteiger partial charge in [0.1, 0.15) is 11.6 Å². The fourth-order valence-corrected chi connectivity index (χ4v) is 1.82. The molecule has 0 amide bonds. The maximum Gasteiger partial charge on any atom is 0.129 e. The van der Waals surface area contributed by atoms with E-state index in [0.717, 1.165) is 42.1 Å². The molecule has 1 heterocycles. The van der Waals surface area contributed by atoms with Crippen molar-refractivity contribution in [2.45, 2.75) is 33.6 Å². The van der Waals surface area contributed by atoms with E-state index in [1.54, 1.807) is 0 Å². The van der Waals surface area contributed by atoms with Crippen LogP contribution >= 0.6 is 0 Å². The van der Waals surface area contributed by atoms with E-state index >= 15 is 0 Å². The third-order valence-electron chi connectivity index (χ3n) is 3.07. The van der Waals surface area contributed by atoms with Crippen LogP contribution in [0.15, 0.2) is 6.07 Å². The average Bonchev–Trinajstić information content (AvgIpc) is 2.91. The van der Waals surface area contributed by atoms with Gasteiger partial charge in [-0.1, -0.05) is 13.8 Å². The van der Waals surface area contributed by atoms with E-state index in [-0.39, 0.29) is 0 Å². The van der Waals surface area contributed by atoms with Crippen LogP contribution in [0.25, 0.3) is 0 Å². The Balaban J connectivity index is 1.97. The largest absolute Gasteiger partial charge is 0.370 e. The van der Waals surface area contributed by atoms with Gasteiger partial charge in [-0.2, -0.15) is 0 Å². The molecule has 2 rings (SSSR count). The Kier molecular flexibility index (Phi) is 2.89. The topological polar surface area (TPSA) is 37.8 Å². The Morgan fingerprint density at radius 3 is 2.80 bits per heavy atom. The van der Waals surface area contributed by atoms with E-state index in [1.807, 2.05) is 6.92 Å². The molecule has 2 unspecified atom stereocenters. The molecule has 15 heavy (non-hydrogen) atoms. The maximum absolute atomic E-state index is 4.38. The summed E-state index contributed by atoms with van der Waals surface area (Å²) in [5.74, 6) is 3.59. The van der Waals surface area contributed by atoms with Crippen molar-refractivity contribution in [3.63, 3.8) is 0 Å². The molecular weight excluding hydrogens is 186 g/mol. The molecule has 3 nitrogen and oxygen atoms in total. The second-order valence-corrected chi connectivity index (χ2v) is 4.50. The molecule has 1 aromatic rings. The second kappa shape index (κ2) is 4.17. The van der Waals surface area contributed by atoms with Crippen LogP contribution in [0.4, 0.5) is 5.82 Å². The second-order valence-electron chi connectivity index (χ2n) is 4.50. The van der Waals surface area contributed by atoms with Crippen molar-refractivity contribution in [3.05, 3.63) is 17.6 Å². The van der Waals surface area contributed by atoms with E-state index in [2.05, 4.69) is 35.2 Å². The van der Waals surface area contributed by atoms with E-state index < -0.39 is 0 Å². The standard InChI is InChI=1S/C12H19N3/c1-4-11-6-12(15-9(3)14-11)13-7-10-5-8(10)2/h6,8,10H,4-5,7H2,1-3H3,(H,13,14,15). The Morgan fingerprint density at radius 1 is 1.47 bits per heavy atom. The van der Waals surface area contributed by atoms with Crippen LogP contribution in [0.3, 0.4) is 0 Å². The molecule has 0 spiro atoms. The van der Waals surface area contributed by atoms with Crippen molar-refractivity contribution in [3.8, 4) is 0 Å². The van der Waals surface area contributed by atoms with Crippen molar-refractivity contribution >= 4 is 5.82 Å². The number of aromatic nitrogens is 2. The van der Waals surface area contributed by atoms with Crippen molar-refractivity contribution in [2.24, 2.45) is 11.8 Å². The van der Waals surface area contributed by atoms with Crippen molar-refractivity contribution in [1.82, 2.24) is 9.97 Å². The summed E-state index contributed by atoms with van der Waals surface area (Å²) in [5, 5.41) is 3.40. The molecule has 0 aromatic carbocycles. The van der Waals surface area contributed by atoms with Crippen LogP contribution in [0, 0.1) is 18.8 Å². The zero-order chi connectivity index (χ0) is 10.8. The lowest BCUT2D eigenvalue weighted by Crippen LogP contribution is -2.08. The summed E-state index contributed by atoms with van der Waals surface area (Å²) >= 11 is 0. The lowest BCUT2D eigenvalue weighted by Gasteiger charge is -2.07. The van der Waals surface area contributed by atoms with E-state index in [0.29, 0.717) is 0 Å². The fraction of sp³-hybridized carbons (Fsp3) is 0.667. The van der Waals surface area contributed by atoms with Crippen molar-refractivity contribution in [2.75, 3.05) is 11.9 Å². The third-order valence-corrected chi connectivity index (χ3v) is 3.07. The van der Waals surface area contributed by atoms with Gasteiger partial charge in [0.25, 0.3) is 0 Å². The van der Waals surface area contributed by atoms with Gasteiger partial charge in [-0.05, 0) is 31.6 Å². The van der Waals surface area contributed by atoms with E-state index in [9.17, 15) is 0 Å². The quantitative estimate of drug-likeness (QED) is 0.820. The van der Waals surface area contributed by atoms with Gasteiger partial charge in [0.2, 0.25) is 0 Å². The zero-order valence-electron chi connectivity index (χ0n) is 9.75. The molecule has 0 radical (unpaired) electrons. The summed E-state index contributed by atoms with van der Waals surface area (Å²) in [5.41, 5.74) is 1.12. The molecule has 1 fully saturated rings. The van der Waals surface area contributed by atoms with Crippen LogP contribution in [0.2, 0.25) is 0 Å². The minimum atomic E-state index is 0.852. The summed E-state index contributed by atoms with van der Waals surface area (Å²) in [7, 11) is 0. The van der Waals surface area contributed by atoms with Gasteiger partial charge >= 0.3 is 0 Å². The SMILES string of the molecule is CCc1cc(NCC2CC2C)nc(C)n1. The molecule has 0 aliphatic heterocycles. The molecule has 1 aliphatic carbocycles. The first-order valence-electron chi connectivity index (χ1n) is 5.77. The van der Waals surface area contributed by atoms with Crippen LogP contribution in [0.5, 0.6) is 0 Å². The molecule has 1 aromatic heterocycles. The smallest absolute Gasteiger partial charge is 0.129 e. The van der Waals surface area contributed by atoms with Crippen LogP contribution in [-0.4, -0.2) is 16.5 Å². The van der Waals surface area contributed by atoms with Gasteiger partial charge in [-0.15, -0.1) is 0 Å². The number of rotatable bonds is 4. The first-order chi connectivity index (χ1) is 7.19. The lowest BCUT2D eigenvalue weighted by atomic mass is 10.3. The summed E-state index contributed by atoms with van der Waals surface area (Å²) in [6, 6.07) is 2.06. The predicted molar refractivity (Wildman–Crippen MR) is 61.9 cm³/mol. The highest BCUT2D eigenvalue weighted by Gasteiger charge is 2.31. The Hall–Kier alpha value is -1.12. The highest BCUT2D eigenvalue weighted by atomic mass is 15.0. The first kappa shape index (κ1) is 10.4. The number of hydrogen-bond acceptors (Lipinski definition) is 3. The summed E-state index contributed by atoms with van der Waals surface area (Å²) in [4.78, 5) is 8.74. The Morgan fingerprint density at radius 2 is 2.20 bits per heavy atom. The van der Waals surface area contributed by atoms with Gasteiger partial charge in [-0.25, -0.2) is 9.97 Å². The summed E-state index contributed by atoms with van der Waals surface area (Å²) in [6.07, 6.45) is 2.33. The van der Waals surface area contributed by atoms with E-state index in [1.165, 1.54) is 6.42 Å². The van der Waals surface area contributed by atoms with Gasteiger partial charge in [0.15, 0.2) is 0 Å². The number of hydrogen-bond donors (Lipinski definition) is 1. The number of nitrogens with one attached hydrogen (secondary N) is 1. The van der Waals surface area contributed by atoms with E-state index in [4.69, 9.17) is 0 Å². The summed E-state index contributed by atoms with van der Waals surface area (Å²) < 4.78 is 0. The molecule has 1 aliphatic rings. The minimum Gasteiger partial charge on any atom is -0.370 e. The molecule has 2 atom stereocenters. The van der Waals surface area contributed by atoms with Gasteiger partial charge in [-0.3, -0.25) is 0 Å². The lowest BCUT2D eigenvalue weighted by molar-refractivity contribution is 0.782. The normalized spacial score (nSPS) is 23.9. The van der Waals surface area contributed by atoms with Gasteiger partial charge in [0, 0.05) is 18.3 Å². The predicted octanol–water partition coefficient (Wildman–Crippen LogP) is 2.42. The van der Waals surface area contributed by atoms with Gasteiger partial charge in [0.05, 0.1) is 0 Å². The van der Waals surface area contributed by atoms with Crippen molar-refractivity contribution in [1.29, 1.82) is 0 Å². The monoisotopic (exact) mass is 205 g/mol. The fourth-order valence-electron chi connectivity index (χ4n) is 1.82. The first-order valence-corrected chi connectivity index (χ1v) is 5.77. The third kappa shape index (κ3) is 2.67. The molecule has 3 heteroatoms. The van der Waals surface area contributed by atoms with Crippen LogP contribution in [-0.2, 0) is 6.42 Å². The highest BCUT2D eigenvalue weighted by molar-refractivity contribution is 5.36. The highest BCUT2D eigenvalue weighted by Crippen LogP contribution is 2.37. The van der Waals surface area contributed by atoms with Gasteiger partial charge < -0.3 is 5.32 Å². The number of nitrogens with zero attached hydrogens (tertiary/aromatic N) is 2. The molecular formula is C12H19N3. The molecule has 1 saturated carbocycles. The number of aryl methyl sites for hydroxylation is 2. The summed E-state index contributed by atoms with van der Waals surface area (Å²) in [6.45, 7) is 7.43. The molecule has 0 bridgehead atoms. The van der Waals surface area contributed by atoms with Crippen LogP contribution in [0.1, 0.15) is 31.8 Å². The Labute approximate surface area is 91.3 Å². The molecule has 82 valence electrons. The molecule has 0 saturated heterocycles. The number of anilines is 1. The zero-order valence-corrected chi connectivity index (χ0v) is 9.75. The minimum absolute atomic E-state index is 0.852. The molecule has 1 N–H and O–H groups in total. The Bertz CT molecular complexity index is 349. The van der Waals surface area contributed by atoms with Crippen LogP contribution < -0.4 is 5.32 Å². The maximum atomic E-state index is 4.38.